The average molecular weight is 346 g/mol. The van der Waals surface area contributed by atoms with Crippen molar-refractivity contribution in [2.24, 2.45) is 0 Å². The van der Waals surface area contributed by atoms with Crippen LogP contribution in [-0.2, 0) is 11.3 Å². The van der Waals surface area contributed by atoms with Crippen molar-refractivity contribution >= 4 is 5.95 Å². The Bertz CT molecular complexity index is 684. The van der Waals surface area contributed by atoms with Gasteiger partial charge in [-0.1, -0.05) is 0 Å². The van der Waals surface area contributed by atoms with E-state index in [1.807, 2.05) is 12.1 Å². The summed E-state index contributed by atoms with van der Waals surface area (Å²) in [5.41, 5.74) is -0.0569. The molecule has 2 fully saturated rings. The van der Waals surface area contributed by atoms with Gasteiger partial charge in [0.05, 0.1) is 37.4 Å². The topological polar surface area (TPSA) is 54.6 Å². The Kier molecular flexibility index (Phi) is 4.43. The molecule has 0 radical (unpaired) electrons. The van der Waals surface area contributed by atoms with E-state index in [-0.39, 0.29) is 5.60 Å². The van der Waals surface area contributed by atoms with Crippen LogP contribution in [0, 0.1) is 5.82 Å². The molecular formula is C18H23FN4O2. The van der Waals surface area contributed by atoms with Crippen molar-refractivity contribution in [3.05, 3.63) is 42.4 Å². The van der Waals surface area contributed by atoms with Crippen molar-refractivity contribution < 1.29 is 13.5 Å². The lowest BCUT2D eigenvalue weighted by Gasteiger charge is -2.38. The molecule has 2 aliphatic rings. The smallest absolute Gasteiger partial charge is 0.225 e. The lowest BCUT2D eigenvalue weighted by molar-refractivity contribution is -0.0159. The Morgan fingerprint density at radius 3 is 2.76 bits per heavy atom. The van der Waals surface area contributed by atoms with Gasteiger partial charge in [-0.25, -0.2) is 14.4 Å². The zero-order valence-electron chi connectivity index (χ0n) is 14.4. The Hall–Kier alpha value is -1.99. The number of furan rings is 1. The van der Waals surface area contributed by atoms with Crippen molar-refractivity contribution in [1.82, 2.24) is 14.9 Å². The first kappa shape index (κ1) is 16.5. The maximum atomic E-state index is 13.0. The number of likely N-dealkylation sites (N-methyl/N-ethyl adjacent to an activating group) is 1. The molecule has 1 atom stereocenters. The third kappa shape index (κ3) is 3.52. The second-order valence-electron chi connectivity index (χ2n) is 7.03. The van der Waals surface area contributed by atoms with E-state index in [9.17, 15) is 4.39 Å². The maximum Gasteiger partial charge on any atom is 0.225 e. The highest BCUT2D eigenvalue weighted by Gasteiger charge is 2.44. The minimum Gasteiger partial charge on any atom is -0.468 e. The summed E-state index contributed by atoms with van der Waals surface area (Å²) in [5, 5.41) is 0. The van der Waals surface area contributed by atoms with Crippen LogP contribution in [0.4, 0.5) is 10.3 Å². The molecule has 25 heavy (non-hydrogen) atoms. The summed E-state index contributed by atoms with van der Waals surface area (Å²) in [6, 6.07) is 4.32. The van der Waals surface area contributed by atoms with E-state index in [1.165, 1.54) is 12.4 Å². The van der Waals surface area contributed by atoms with E-state index in [2.05, 4.69) is 26.8 Å². The van der Waals surface area contributed by atoms with Crippen LogP contribution in [0.15, 0.2) is 35.2 Å². The van der Waals surface area contributed by atoms with Crippen LogP contribution in [0.3, 0.4) is 0 Å². The van der Waals surface area contributed by atoms with Crippen molar-refractivity contribution in [2.75, 3.05) is 31.6 Å². The molecule has 0 aromatic carbocycles. The largest absolute Gasteiger partial charge is 0.468 e. The van der Waals surface area contributed by atoms with Gasteiger partial charge in [0.25, 0.3) is 0 Å². The van der Waals surface area contributed by atoms with E-state index in [0.29, 0.717) is 12.0 Å². The number of piperidine rings is 1. The number of anilines is 1. The zero-order chi connectivity index (χ0) is 17.3. The number of rotatable bonds is 4. The lowest BCUT2D eigenvalue weighted by atomic mass is 9.87. The molecule has 2 aliphatic heterocycles. The van der Waals surface area contributed by atoms with Gasteiger partial charge in [-0.2, -0.15) is 0 Å². The Balaban J connectivity index is 1.33. The molecule has 0 aliphatic carbocycles. The molecule has 0 bridgehead atoms. The van der Waals surface area contributed by atoms with Crippen LogP contribution in [0.1, 0.15) is 25.0 Å². The summed E-state index contributed by atoms with van der Waals surface area (Å²) < 4.78 is 24.7. The predicted molar refractivity (Wildman–Crippen MR) is 90.7 cm³/mol. The first-order valence-corrected chi connectivity index (χ1v) is 8.73. The van der Waals surface area contributed by atoms with Crippen LogP contribution >= 0.6 is 0 Å². The van der Waals surface area contributed by atoms with Gasteiger partial charge in [0.1, 0.15) is 5.76 Å². The highest BCUT2D eigenvalue weighted by molar-refractivity contribution is 5.30. The van der Waals surface area contributed by atoms with E-state index in [1.54, 1.807) is 6.26 Å². The number of hydrogen-bond donors (Lipinski definition) is 0. The fourth-order valence-corrected chi connectivity index (χ4v) is 3.81. The SMILES string of the molecule is CN(Cc1ccco1)[C@H]1COC2(CCN(c3ncc(F)cn3)CC2)C1. The molecular weight excluding hydrogens is 323 g/mol. The van der Waals surface area contributed by atoms with Gasteiger partial charge in [-0.15, -0.1) is 0 Å². The molecule has 0 amide bonds. The monoisotopic (exact) mass is 346 g/mol. The molecule has 4 heterocycles. The number of aromatic nitrogens is 2. The number of nitrogens with zero attached hydrogens (tertiary/aromatic N) is 4. The molecule has 0 N–H and O–H groups in total. The minimum absolute atomic E-state index is 0.0569. The minimum atomic E-state index is -0.404. The van der Waals surface area contributed by atoms with Crippen molar-refractivity contribution in [3.8, 4) is 0 Å². The van der Waals surface area contributed by atoms with Gasteiger partial charge in [-0.3, -0.25) is 4.90 Å². The van der Waals surface area contributed by atoms with Gasteiger partial charge in [0, 0.05) is 19.1 Å². The third-order valence-corrected chi connectivity index (χ3v) is 5.36. The van der Waals surface area contributed by atoms with Crippen LogP contribution < -0.4 is 4.90 Å². The quantitative estimate of drug-likeness (QED) is 0.848. The summed E-state index contributed by atoms with van der Waals surface area (Å²) >= 11 is 0. The second-order valence-corrected chi connectivity index (χ2v) is 7.03. The Labute approximate surface area is 146 Å². The van der Waals surface area contributed by atoms with Crippen molar-refractivity contribution in [1.29, 1.82) is 0 Å². The highest BCUT2D eigenvalue weighted by Crippen LogP contribution is 2.38. The summed E-state index contributed by atoms with van der Waals surface area (Å²) in [4.78, 5) is 12.6. The van der Waals surface area contributed by atoms with E-state index in [4.69, 9.17) is 9.15 Å². The third-order valence-electron chi connectivity index (χ3n) is 5.36. The van der Waals surface area contributed by atoms with Crippen LogP contribution in [-0.4, -0.2) is 53.3 Å². The molecule has 6 nitrogen and oxygen atoms in total. The molecule has 7 heteroatoms. The molecule has 134 valence electrons. The van der Waals surface area contributed by atoms with Crippen LogP contribution in [0.5, 0.6) is 0 Å². The molecule has 2 saturated heterocycles. The van der Waals surface area contributed by atoms with Crippen molar-refractivity contribution in [3.63, 3.8) is 0 Å². The Morgan fingerprint density at radius 1 is 1.32 bits per heavy atom. The molecule has 2 aromatic rings. The predicted octanol–water partition coefficient (Wildman–Crippen LogP) is 2.47. The van der Waals surface area contributed by atoms with Gasteiger partial charge in [0.2, 0.25) is 5.95 Å². The average Bonchev–Trinajstić information content (AvgIpc) is 3.27. The number of ether oxygens (including phenoxy) is 1. The van der Waals surface area contributed by atoms with E-state index in [0.717, 1.165) is 51.3 Å². The molecule has 1 spiro atoms. The molecule has 2 aromatic heterocycles. The van der Waals surface area contributed by atoms with Gasteiger partial charge in [-0.05, 0) is 38.4 Å². The zero-order valence-corrected chi connectivity index (χ0v) is 14.4. The maximum absolute atomic E-state index is 13.0. The van der Waals surface area contributed by atoms with Gasteiger partial charge < -0.3 is 14.1 Å². The highest BCUT2D eigenvalue weighted by atomic mass is 19.1. The first-order chi connectivity index (χ1) is 12.1. The summed E-state index contributed by atoms with van der Waals surface area (Å²) in [7, 11) is 2.12. The van der Waals surface area contributed by atoms with E-state index < -0.39 is 5.82 Å². The summed E-state index contributed by atoms with van der Waals surface area (Å²) in [5.74, 6) is 1.17. The number of hydrogen-bond acceptors (Lipinski definition) is 6. The Morgan fingerprint density at radius 2 is 2.08 bits per heavy atom. The molecule has 4 rings (SSSR count). The number of halogens is 1. The second kappa shape index (κ2) is 6.72. The standard InChI is InChI=1S/C18H23FN4O2/c1-22(12-16-3-2-8-24-16)15-9-18(25-13-15)4-6-23(7-5-18)17-20-10-14(19)11-21-17/h2-3,8,10-11,15H,4-7,9,12-13H2,1H3/t15-/m1/s1. The fraction of sp³-hybridized carbons (Fsp3) is 0.556. The van der Waals surface area contributed by atoms with Gasteiger partial charge in [0.15, 0.2) is 5.82 Å². The molecule has 0 saturated carbocycles. The normalized spacial score (nSPS) is 22.8. The van der Waals surface area contributed by atoms with E-state index >= 15 is 0 Å². The molecule has 0 unspecified atom stereocenters. The first-order valence-electron chi connectivity index (χ1n) is 8.73. The van der Waals surface area contributed by atoms with Crippen molar-refractivity contribution in [2.45, 2.75) is 37.5 Å². The lowest BCUT2D eigenvalue weighted by Crippen LogP contribution is -2.45. The van der Waals surface area contributed by atoms with Crippen LogP contribution in [0.25, 0.3) is 0 Å². The summed E-state index contributed by atoms with van der Waals surface area (Å²) in [6.45, 7) is 3.22. The fourth-order valence-electron chi connectivity index (χ4n) is 3.81. The summed E-state index contributed by atoms with van der Waals surface area (Å²) in [6.07, 6.45) is 7.07. The van der Waals surface area contributed by atoms with Gasteiger partial charge >= 0.3 is 0 Å². The van der Waals surface area contributed by atoms with Crippen LogP contribution in [0.2, 0.25) is 0 Å².